The molecule has 0 N–H and O–H groups in total. The van der Waals surface area contributed by atoms with Crippen LogP contribution in [0.15, 0.2) is 47.2 Å². The maximum atomic E-state index is 13.4. The molecular weight excluding hydrogens is 245 g/mol. The summed E-state index contributed by atoms with van der Waals surface area (Å²) in [7, 11) is 0. The molecular formula is C11H7BrFN. The van der Waals surface area contributed by atoms with Crippen molar-refractivity contribution < 1.29 is 4.39 Å². The zero-order chi connectivity index (χ0) is 9.97. The Kier molecular flexibility index (Phi) is 2.59. The molecule has 70 valence electrons. The lowest BCUT2D eigenvalue weighted by molar-refractivity contribution is 0.631. The number of halogens is 2. The summed E-state index contributed by atoms with van der Waals surface area (Å²) < 4.78 is 14.3. The molecule has 0 radical (unpaired) electrons. The summed E-state index contributed by atoms with van der Waals surface area (Å²) in [5, 5.41) is 0. The molecule has 0 saturated carbocycles. The molecule has 0 aliphatic heterocycles. The van der Waals surface area contributed by atoms with E-state index >= 15 is 0 Å². The van der Waals surface area contributed by atoms with E-state index in [-0.39, 0.29) is 5.82 Å². The van der Waals surface area contributed by atoms with Gasteiger partial charge in [-0.2, -0.15) is 0 Å². The van der Waals surface area contributed by atoms with Crippen LogP contribution in [0.25, 0.3) is 11.1 Å². The summed E-state index contributed by atoms with van der Waals surface area (Å²) in [5.74, 6) is -0.235. The normalized spacial score (nSPS) is 10.1. The fourth-order valence-electron chi connectivity index (χ4n) is 1.24. The second-order valence-corrected chi connectivity index (χ2v) is 3.78. The van der Waals surface area contributed by atoms with Crippen LogP contribution in [0.2, 0.25) is 0 Å². The summed E-state index contributed by atoms with van der Waals surface area (Å²) in [6, 6.07) is 8.47. The van der Waals surface area contributed by atoms with Crippen LogP contribution in [0.1, 0.15) is 0 Å². The zero-order valence-corrected chi connectivity index (χ0v) is 8.83. The number of rotatable bonds is 1. The first kappa shape index (κ1) is 9.34. The minimum atomic E-state index is -0.235. The van der Waals surface area contributed by atoms with E-state index in [0.717, 1.165) is 10.0 Å². The van der Waals surface area contributed by atoms with Crippen molar-refractivity contribution in [2.75, 3.05) is 0 Å². The van der Waals surface area contributed by atoms with Gasteiger partial charge in [-0.25, -0.2) is 4.39 Å². The maximum absolute atomic E-state index is 13.4. The van der Waals surface area contributed by atoms with E-state index in [9.17, 15) is 4.39 Å². The first-order valence-electron chi connectivity index (χ1n) is 4.13. The minimum Gasteiger partial charge on any atom is -0.264 e. The van der Waals surface area contributed by atoms with Crippen LogP contribution in [0.5, 0.6) is 0 Å². The van der Waals surface area contributed by atoms with Gasteiger partial charge < -0.3 is 0 Å². The summed E-state index contributed by atoms with van der Waals surface area (Å²) >= 11 is 3.31. The van der Waals surface area contributed by atoms with E-state index in [4.69, 9.17) is 0 Å². The molecule has 1 aromatic heterocycles. The lowest BCUT2D eigenvalue weighted by Gasteiger charge is -2.02. The molecule has 3 heteroatoms. The highest BCUT2D eigenvalue weighted by Gasteiger charge is 2.04. The van der Waals surface area contributed by atoms with Crippen LogP contribution in [0.4, 0.5) is 4.39 Å². The Bertz CT molecular complexity index is 442. The van der Waals surface area contributed by atoms with Gasteiger partial charge in [0.1, 0.15) is 5.82 Å². The van der Waals surface area contributed by atoms with Crippen LogP contribution in [-0.2, 0) is 0 Å². The molecule has 0 fully saturated rings. The number of hydrogen-bond donors (Lipinski definition) is 0. The van der Waals surface area contributed by atoms with Gasteiger partial charge in [0.15, 0.2) is 0 Å². The van der Waals surface area contributed by atoms with Gasteiger partial charge >= 0.3 is 0 Å². The molecule has 0 aliphatic carbocycles. The van der Waals surface area contributed by atoms with E-state index in [1.807, 2.05) is 6.07 Å². The van der Waals surface area contributed by atoms with E-state index < -0.39 is 0 Å². The van der Waals surface area contributed by atoms with Gasteiger partial charge in [-0.15, -0.1) is 0 Å². The van der Waals surface area contributed by atoms with Crippen molar-refractivity contribution in [3.63, 3.8) is 0 Å². The fourth-order valence-corrected chi connectivity index (χ4v) is 1.60. The Morgan fingerprint density at radius 1 is 1.21 bits per heavy atom. The molecule has 0 spiro atoms. The predicted molar refractivity (Wildman–Crippen MR) is 57.3 cm³/mol. The monoisotopic (exact) mass is 251 g/mol. The van der Waals surface area contributed by atoms with Gasteiger partial charge in [-0.1, -0.05) is 22.0 Å². The third kappa shape index (κ3) is 1.82. The quantitative estimate of drug-likeness (QED) is 0.754. The highest BCUT2D eigenvalue weighted by atomic mass is 79.9. The number of nitrogens with zero attached hydrogens (tertiary/aromatic N) is 1. The van der Waals surface area contributed by atoms with Crippen molar-refractivity contribution in [1.82, 2.24) is 4.98 Å². The van der Waals surface area contributed by atoms with Gasteiger partial charge in [-0.3, -0.25) is 4.98 Å². The van der Waals surface area contributed by atoms with Crippen molar-refractivity contribution in [3.05, 3.63) is 53.0 Å². The van der Waals surface area contributed by atoms with Gasteiger partial charge in [-0.05, 0) is 24.3 Å². The third-order valence-electron chi connectivity index (χ3n) is 1.90. The van der Waals surface area contributed by atoms with Crippen LogP contribution in [0.3, 0.4) is 0 Å². The summed E-state index contributed by atoms with van der Waals surface area (Å²) in [5.41, 5.74) is 1.35. The zero-order valence-electron chi connectivity index (χ0n) is 7.24. The fraction of sp³-hybridized carbons (Fsp3) is 0. The average molecular weight is 252 g/mol. The second kappa shape index (κ2) is 3.88. The highest BCUT2D eigenvalue weighted by molar-refractivity contribution is 9.10. The van der Waals surface area contributed by atoms with E-state index in [1.54, 1.807) is 30.6 Å². The Labute approximate surface area is 89.7 Å². The number of hydrogen-bond acceptors (Lipinski definition) is 1. The third-order valence-corrected chi connectivity index (χ3v) is 2.39. The highest BCUT2D eigenvalue weighted by Crippen LogP contribution is 2.25. The Morgan fingerprint density at radius 3 is 2.79 bits per heavy atom. The molecule has 0 bridgehead atoms. The Balaban J connectivity index is 2.57. The van der Waals surface area contributed by atoms with Crippen molar-refractivity contribution in [2.24, 2.45) is 0 Å². The molecule has 2 aromatic rings. The van der Waals surface area contributed by atoms with Crippen LogP contribution in [0, 0.1) is 5.82 Å². The largest absolute Gasteiger partial charge is 0.264 e. The topological polar surface area (TPSA) is 12.9 Å². The smallest absolute Gasteiger partial charge is 0.131 e. The van der Waals surface area contributed by atoms with Gasteiger partial charge in [0.25, 0.3) is 0 Å². The molecule has 1 heterocycles. The molecule has 0 aliphatic rings. The van der Waals surface area contributed by atoms with Crippen LogP contribution in [-0.4, -0.2) is 4.98 Å². The lowest BCUT2D eigenvalue weighted by Crippen LogP contribution is -1.84. The van der Waals surface area contributed by atoms with Crippen LogP contribution >= 0.6 is 15.9 Å². The van der Waals surface area contributed by atoms with Gasteiger partial charge in [0.2, 0.25) is 0 Å². The van der Waals surface area contributed by atoms with E-state index in [2.05, 4.69) is 20.9 Å². The van der Waals surface area contributed by atoms with Gasteiger partial charge in [0.05, 0.1) is 0 Å². The molecule has 14 heavy (non-hydrogen) atoms. The molecule has 1 aromatic carbocycles. The van der Waals surface area contributed by atoms with Gasteiger partial charge in [0, 0.05) is 28.0 Å². The summed E-state index contributed by atoms with van der Waals surface area (Å²) in [6.45, 7) is 0. The van der Waals surface area contributed by atoms with Crippen molar-refractivity contribution in [2.45, 2.75) is 0 Å². The number of aromatic nitrogens is 1. The molecule has 0 amide bonds. The molecule has 2 rings (SSSR count). The van der Waals surface area contributed by atoms with Crippen molar-refractivity contribution >= 4 is 15.9 Å². The molecule has 0 unspecified atom stereocenters. The number of benzene rings is 1. The summed E-state index contributed by atoms with van der Waals surface area (Å²) in [6.07, 6.45) is 3.31. The van der Waals surface area contributed by atoms with Crippen LogP contribution < -0.4 is 0 Å². The second-order valence-electron chi connectivity index (χ2n) is 2.87. The molecule has 1 nitrogen and oxygen atoms in total. The Morgan fingerprint density at radius 2 is 2.07 bits per heavy atom. The SMILES string of the molecule is Fc1ccc(Br)cc1-c1cccnc1. The first-order chi connectivity index (χ1) is 6.77. The predicted octanol–water partition coefficient (Wildman–Crippen LogP) is 3.65. The summed E-state index contributed by atoms with van der Waals surface area (Å²) in [4.78, 5) is 3.95. The van der Waals surface area contributed by atoms with Crippen molar-refractivity contribution in [1.29, 1.82) is 0 Å². The molecule has 0 saturated heterocycles. The first-order valence-corrected chi connectivity index (χ1v) is 4.92. The van der Waals surface area contributed by atoms with E-state index in [0.29, 0.717) is 5.56 Å². The maximum Gasteiger partial charge on any atom is 0.131 e. The van der Waals surface area contributed by atoms with E-state index in [1.165, 1.54) is 6.07 Å². The molecule has 0 atom stereocenters. The average Bonchev–Trinajstić information content (AvgIpc) is 2.23. The lowest BCUT2D eigenvalue weighted by atomic mass is 10.1. The standard InChI is InChI=1S/C11H7BrFN/c12-9-3-4-11(13)10(6-9)8-2-1-5-14-7-8/h1-7H. The minimum absolute atomic E-state index is 0.235. The Hall–Kier alpha value is -1.22. The van der Waals surface area contributed by atoms with Crippen molar-refractivity contribution in [3.8, 4) is 11.1 Å². The number of pyridine rings is 1.